The quantitative estimate of drug-likeness (QED) is 0.728. The summed E-state index contributed by atoms with van der Waals surface area (Å²) >= 11 is 0. The number of aryl methyl sites for hydroxylation is 2. The van der Waals surface area contributed by atoms with Gasteiger partial charge in [0.05, 0.1) is 11.6 Å². The first-order valence-corrected chi connectivity index (χ1v) is 6.19. The summed E-state index contributed by atoms with van der Waals surface area (Å²) in [6.45, 7) is 4.33. The average molecular weight is 216 g/mol. The molecule has 0 unspecified atom stereocenters. The molecule has 86 valence electrons. The first-order chi connectivity index (χ1) is 7.81. The van der Waals surface area contributed by atoms with E-state index in [9.17, 15) is 0 Å². The van der Waals surface area contributed by atoms with Gasteiger partial charge in [-0.3, -0.25) is 4.98 Å². The van der Waals surface area contributed by atoms with Crippen LogP contribution >= 0.6 is 0 Å². The van der Waals surface area contributed by atoms with E-state index in [-0.39, 0.29) is 0 Å². The summed E-state index contributed by atoms with van der Waals surface area (Å²) in [5.41, 5.74) is 2.97. The molecule has 0 saturated heterocycles. The zero-order valence-corrected chi connectivity index (χ0v) is 10.3. The van der Waals surface area contributed by atoms with Crippen LogP contribution in [0, 0.1) is 11.3 Å². The van der Waals surface area contributed by atoms with Crippen molar-refractivity contribution in [3.63, 3.8) is 0 Å². The first kappa shape index (κ1) is 12.7. The molecule has 1 rings (SSSR count). The molecule has 0 radical (unpaired) electrons. The second kappa shape index (κ2) is 7.00. The Morgan fingerprint density at radius 2 is 1.88 bits per heavy atom. The normalized spacial score (nSPS) is 10.1. The monoisotopic (exact) mass is 216 g/mol. The predicted octanol–water partition coefficient (Wildman–Crippen LogP) is 3.64. The molecule has 2 nitrogen and oxygen atoms in total. The van der Waals surface area contributed by atoms with Crippen molar-refractivity contribution in [3.8, 4) is 6.07 Å². The van der Waals surface area contributed by atoms with Gasteiger partial charge in [-0.25, -0.2) is 0 Å². The molecule has 0 aliphatic heterocycles. The Labute approximate surface area is 98.3 Å². The zero-order valence-electron chi connectivity index (χ0n) is 10.3. The summed E-state index contributed by atoms with van der Waals surface area (Å²) < 4.78 is 0. The Bertz CT molecular complexity index is 363. The van der Waals surface area contributed by atoms with Crippen LogP contribution in [0.1, 0.15) is 56.4 Å². The first-order valence-electron chi connectivity index (χ1n) is 6.19. The Morgan fingerprint density at radius 3 is 2.50 bits per heavy atom. The molecule has 0 aromatic carbocycles. The number of hydrogen-bond donors (Lipinski definition) is 0. The van der Waals surface area contributed by atoms with Gasteiger partial charge in [0.15, 0.2) is 0 Å². The third kappa shape index (κ3) is 3.66. The molecule has 1 aromatic rings. The van der Waals surface area contributed by atoms with Crippen LogP contribution < -0.4 is 0 Å². The Morgan fingerprint density at radius 1 is 1.19 bits per heavy atom. The van der Waals surface area contributed by atoms with Crippen molar-refractivity contribution in [1.82, 2.24) is 4.98 Å². The summed E-state index contributed by atoms with van der Waals surface area (Å²) in [4.78, 5) is 4.43. The fraction of sp³-hybridized carbons (Fsp3) is 0.571. The smallest absolute Gasteiger partial charge is 0.0995 e. The molecule has 16 heavy (non-hydrogen) atoms. The number of aromatic nitrogens is 1. The van der Waals surface area contributed by atoms with Crippen LogP contribution in [0.3, 0.4) is 0 Å². The van der Waals surface area contributed by atoms with Crippen LogP contribution in [0.15, 0.2) is 12.3 Å². The third-order valence-electron chi connectivity index (χ3n) is 2.75. The Balaban J connectivity index is 2.77. The number of hydrogen-bond acceptors (Lipinski definition) is 2. The average Bonchev–Trinajstić information content (AvgIpc) is 2.34. The van der Waals surface area contributed by atoms with Crippen LogP contribution in [0.2, 0.25) is 0 Å². The lowest BCUT2D eigenvalue weighted by Crippen LogP contribution is -1.97. The molecule has 0 aliphatic carbocycles. The third-order valence-corrected chi connectivity index (χ3v) is 2.75. The standard InChI is InChI=1S/C14H20N2/c1-3-5-7-12-11-16-14(8-6-4-2)9-13(12)10-15/h9,11H,3-8H2,1-2H3. The van der Waals surface area contributed by atoms with Crippen molar-refractivity contribution >= 4 is 0 Å². The number of rotatable bonds is 6. The van der Waals surface area contributed by atoms with E-state index >= 15 is 0 Å². The highest BCUT2D eigenvalue weighted by Gasteiger charge is 2.04. The topological polar surface area (TPSA) is 36.7 Å². The lowest BCUT2D eigenvalue weighted by atomic mass is 10.0. The minimum absolute atomic E-state index is 0.814. The van der Waals surface area contributed by atoms with E-state index in [1.54, 1.807) is 0 Å². The molecule has 0 amide bonds. The van der Waals surface area contributed by atoms with Crippen LogP contribution in [0.5, 0.6) is 0 Å². The summed E-state index contributed by atoms with van der Waals surface area (Å²) in [6, 6.07) is 4.24. The molecule has 0 aliphatic rings. The minimum Gasteiger partial charge on any atom is -0.261 e. The summed E-state index contributed by atoms with van der Waals surface area (Å²) in [5, 5.41) is 9.09. The zero-order chi connectivity index (χ0) is 11.8. The molecular weight excluding hydrogens is 196 g/mol. The van der Waals surface area contributed by atoms with Crippen molar-refractivity contribution < 1.29 is 0 Å². The highest BCUT2D eigenvalue weighted by Crippen LogP contribution is 2.13. The number of pyridine rings is 1. The molecule has 0 N–H and O–H groups in total. The van der Waals surface area contributed by atoms with E-state index in [0.717, 1.165) is 48.9 Å². The van der Waals surface area contributed by atoms with Crippen molar-refractivity contribution in [2.75, 3.05) is 0 Å². The number of nitriles is 1. The number of unbranched alkanes of at least 4 members (excludes halogenated alkanes) is 2. The molecular formula is C14H20N2. The van der Waals surface area contributed by atoms with Crippen LogP contribution in [0.25, 0.3) is 0 Å². The highest BCUT2D eigenvalue weighted by molar-refractivity contribution is 5.37. The van der Waals surface area contributed by atoms with Crippen molar-refractivity contribution in [2.24, 2.45) is 0 Å². The van der Waals surface area contributed by atoms with Gasteiger partial charge in [0, 0.05) is 11.9 Å². The van der Waals surface area contributed by atoms with Crippen molar-refractivity contribution in [1.29, 1.82) is 5.26 Å². The van der Waals surface area contributed by atoms with Crippen LogP contribution in [0.4, 0.5) is 0 Å². The fourth-order valence-electron chi connectivity index (χ4n) is 1.69. The maximum atomic E-state index is 9.09. The second-order valence-electron chi connectivity index (χ2n) is 4.15. The van der Waals surface area contributed by atoms with Gasteiger partial charge >= 0.3 is 0 Å². The largest absolute Gasteiger partial charge is 0.261 e. The van der Waals surface area contributed by atoms with E-state index in [1.165, 1.54) is 6.42 Å². The Hall–Kier alpha value is -1.36. The minimum atomic E-state index is 0.814. The highest BCUT2D eigenvalue weighted by atomic mass is 14.7. The predicted molar refractivity (Wildman–Crippen MR) is 66.2 cm³/mol. The summed E-state index contributed by atoms with van der Waals surface area (Å²) in [7, 11) is 0. The van der Waals surface area contributed by atoms with Gasteiger partial charge in [0.25, 0.3) is 0 Å². The van der Waals surface area contributed by atoms with E-state index in [4.69, 9.17) is 5.26 Å². The lowest BCUT2D eigenvalue weighted by molar-refractivity contribution is 0.765. The van der Waals surface area contributed by atoms with Gasteiger partial charge in [-0.1, -0.05) is 26.7 Å². The van der Waals surface area contributed by atoms with E-state index in [1.807, 2.05) is 12.3 Å². The molecule has 0 saturated carbocycles. The van der Waals surface area contributed by atoms with Crippen molar-refractivity contribution in [2.45, 2.75) is 52.4 Å². The molecule has 1 aromatic heterocycles. The maximum Gasteiger partial charge on any atom is 0.0995 e. The van der Waals surface area contributed by atoms with Crippen molar-refractivity contribution in [3.05, 3.63) is 29.1 Å². The van der Waals surface area contributed by atoms with E-state index < -0.39 is 0 Å². The Kier molecular flexibility index (Phi) is 5.56. The number of nitrogens with zero attached hydrogens (tertiary/aromatic N) is 2. The maximum absolute atomic E-state index is 9.09. The molecule has 0 bridgehead atoms. The fourth-order valence-corrected chi connectivity index (χ4v) is 1.69. The molecule has 0 atom stereocenters. The van der Waals surface area contributed by atoms with Gasteiger partial charge < -0.3 is 0 Å². The molecule has 1 heterocycles. The van der Waals surface area contributed by atoms with Gasteiger partial charge in [-0.2, -0.15) is 5.26 Å². The van der Waals surface area contributed by atoms with Gasteiger partial charge in [0.2, 0.25) is 0 Å². The molecule has 0 spiro atoms. The van der Waals surface area contributed by atoms with Crippen LogP contribution in [-0.2, 0) is 12.8 Å². The van der Waals surface area contributed by atoms with Gasteiger partial charge in [-0.15, -0.1) is 0 Å². The molecule has 0 fully saturated rings. The summed E-state index contributed by atoms with van der Waals surface area (Å²) in [5.74, 6) is 0. The molecule has 2 heteroatoms. The summed E-state index contributed by atoms with van der Waals surface area (Å²) in [6.07, 6.45) is 8.44. The SMILES string of the molecule is CCCCc1cc(C#N)c(CCCC)cn1. The van der Waals surface area contributed by atoms with Crippen LogP contribution in [-0.4, -0.2) is 4.98 Å². The van der Waals surface area contributed by atoms with E-state index in [2.05, 4.69) is 24.9 Å². The van der Waals surface area contributed by atoms with Gasteiger partial charge in [0.1, 0.15) is 0 Å². The van der Waals surface area contributed by atoms with E-state index in [0.29, 0.717) is 0 Å². The second-order valence-corrected chi connectivity index (χ2v) is 4.15. The lowest BCUT2D eigenvalue weighted by Gasteiger charge is -2.05. The van der Waals surface area contributed by atoms with Gasteiger partial charge in [-0.05, 0) is 37.3 Å².